The number of methoxy groups -OCH3 is 1. The molecule has 7 heteroatoms. The average molecular weight is 423 g/mol. The Kier molecular flexibility index (Phi) is 7.28. The maximum atomic E-state index is 12.2. The maximum absolute atomic E-state index is 12.2. The Hall–Kier alpha value is -3.35. The standard InChI is InChI=1S/C24H30N4O3/c1-16(2)13-22(29)25-19-7-6-8-20(14-19)28-23(18-9-11-21(30-5)12-10-18)26-24(27-28)31-15-17(3)4/h6-12,14,16-17H,13,15H2,1-5H3,(H,25,29). The minimum Gasteiger partial charge on any atom is -0.497 e. The van der Waals surface area contributed by atoms with Gasteiger partial charge in [-0.25, -0.2) is 4.68 Å². The number of hydrogen-bond acceptors (Lipinski definition) is 5. The maximum Gasteiger partial charge on any atom is 0.336 e. The van der Waals surface area contributed by atoms with Crippen LogP contribution in [-0.4, -0.2) is 34.4 Å². The Balaban J connectivity index is 1.96. The van der Waals surface area contributed by atoms with E-state index in [9.17, 15) is 4.79 Å². The molecule has 7 nitrogen and oxygen atoms in total. The van der Waals surface area contributed by atoms with Crippen LogP contribution in [0.3, 0.4) is 0 Å². The number of nitrogens with one attached hydrogen (secondary N) is 1. The molecule has 1 N–H and O–H groups in total. The summed E-state index contributed by atoms with van der Waals surface area (Å²) in [6, 6.07) is 15.5. The highest BCUT2D eigenvalue weighted by molar-refractivity contribution is 5.91. The van der Waals surface area contributed by atoms with Gasteiger partial charge in [0.1, 0.15) is 5.75 Å². The van der Waals surface area contributed by atoms with Crippen LogP contribution in [0.25, 0.3) is 17.1 Å². The van der Waals surface area contributed by atoms with Crippen LogP contribution in [0.2, 0.25) is 0 Å². The van der Waals surface area contributed by atoms with Crippen molar-refractivity contribution in [1.82, 2.24) is 14.8 Å². The lowest BCUT2D eigenvalue weighted by atomic mass is 10.1. The topological polar surface area (TPSA) is 78.3 Å². The van der Waals surface area contributed by atoms with Crippen molar-refractivity contribution < 1.29 is 14.3 Å². The molecule has 0 radical (unpaired) electrons. The minimum absolute atomic E-state index is 0.0120. The zero-order valence-corrected chi connectivity index (χ0v) is 18.8. The first-order chi connectivity index (χ1) is 14.9. The summed E-state index contributed by atoms with van der Waals surface area (Å²) < 4.78 is 12.8. The van der Waals surface area contributed by atoms with Gasteiger partial charge in [0.25, 0.3) is 0 Å². The summed E-state index contributed by atoms with van der Waals surface area (Å²) in [7, 11) is 1.63. The third kappa shape index (κ3) is 6.07. The number of anilines is 1. The minimum atomic E-state index is -0.0120. The van der Waals surface area contributed by atoms with Gasteiger partial charge in [-0.1, -0.05) is 33.8 Å². The zero-order valence-electron chi connectivity index (χ0n) is 18.8. The Bertz CT molecular complexity index is 1010. The van der Waals surface area contributed by atoms with Crippen LogP contribution in [0, 0.1) is 11.8 Å². The van der Waals surface area contributed by atoms with E-state index in [1.54, 1.807) is 11.8 Å². The molecule has 3 aromatic rings. The summed E-state index contributed by atoms with van der Waals surface area (Å²) in [5.74, 6) is 2.05. The first-order valence-corrected chi connectivity index (χ1v) is 10.5. The molecule has 0 fully saturated rings. The molecular weight excluding hydrogens is 392 g/mol. The number of carbonyl (C=O) groups is 1. The van der Waals surface area contributed by atoms with E-state index in [4.69, 9.17) is 9.47 Å². The molecule has 2 aromatic carbocycles. The molecule has 1 aromatic heterocycles. The van der Waals surface area contributed by atoms with Crippen molar-refractivity contribution in [3.05, 3.63) is 48.5 Å². The van der Waals surface area contributed by atoms with Gasteiger partial charge in [0.2, 0.25) is 5.91 Å². The Morgan fingerprint density at radius 1 is 1.06 bits per heavy atom. The van der Waals surface area contributed by atoms with Gasteiger partial charge in [-0.2, -0.15) is 4.98 Å². The van der Waals surface area contributed by atoms with Crippen LogP contribution in [0.4, 0.5) is 5.69 Å². The van der Waals surface area contributed by atoms with Gasteiger partial charge in [-0.3, -0.25) is 4.79 Å². The van der Waals surface area contributed by atoms with Crippen LogP contribution >= 0.6 is 0 Å². The van der Waals surface area contributed by atoms with Crippen molar-refractivity contribution in [1.29, 1.82) is 0 Å². The molecule has 0 aliphatic carbocycles. The van der Waals surface area contributed by atoms with E-state index in [0.29, 0.717) is 42.4 Å². The normalized spacial score (nSPS) is 11.1. The van der Waals surface area contributed by atoms with Crippen LogP contribution in [0.1, 0.15) is 34.1 Å². The lowest BCUT2D eigenvalue weighted by molar-refractivity contribution is -0.116. The number of nitrogens with zero attached hydrogens (tertiary/aromatic N) is 3. The number of amides is 1. The van der Waals surface area contributed by atoms with Crippen LogP contribution in [-0.2, 0) is 4.79 Å². The van der Waals surface area contributed by atoms with Crippen molar-refractivity contribution >= 4 is 11.6 Å². The fourth-order valence-corrected chi connectivity index (χ4v) is 3.00. The van der Waals surface area contributed by atoms with E-state index in [1.807, 2.05) is 62.4 Å². The second kappa shape index (κ2) is 10.1. The first-order valence-electron chi connectivity index (χ1n) is 10.5. The highest BCUT2D eigenvalue weighted by atomic mass is 16.5. The van der Waals surface area contributed by atoms with E-state index in [2.05, 4.69) is 29.2 Å². The quantitative estimate of drug-likeness (QED) is 0.527. The van der Waals surface area contributed by atoms with E-state index in [-0.39, 0.29) is 5.91 Å². The van der Waals surface area contributed by atoms with Gasteiger partial charge >= 0.3 is 6.01 Å². The van der Waals surface area contributed by atoms with Crippen molar-refractivity contribution in [2.24, 2.45) is 11.8 Å². The number of aromatic nitrogens is 3. The van der Waals surface area contributed by atoms with Gasteiger partial charge in [-0.15, -0.1) is 5.10 Å². The molecule has 1 heterocycles. The van der Waals surface area contributed by atoms with Crippen LogP contribution < -0.4 is 14.8 Å². The number of benzene rings is 2. The predicted octanol–water partition coefficient (Wildman–Crippen LogP) is 4.96. The summed E-state index contributed by atoms with van der Waals surface area (Å²) in [6.07, 6.45) is 0.470. The van der Waals surface area contributed by atoms with Gasteiger partial charge < -0.3 is 14.8 Å². The van der Waals surface area contributed by atoms with Crippen molar-refractivity contribution in [3.63, 3.8) is 0 Å². The van der Waals surface area contributed by atoms with Crippen LogP contribution in [0.5, 0.6) is 11.8 Å². The lowest BCUT2D eigenvalue weighted by Crippen LogP contribution is -2.14. The van der Waals surface area contributed by atoms with Crippen molar-refractivity contribution in [2.75, 3.05) is 19.0 Å². The third-order valence-electron chi connectivity index (χ3n) is 4.45. The summed E-state index contributed by atoms with van der Waals surface area (Å²) >= 11 is 0. The van der Waals surface area contributed by atoms with Gasteiger partial charge in [0.15, 0.2) is 5.82 Å². The molecule has 3 rings (SSSR count). The number of ether oxygens (including phenoxy) is 2. The van der Waals surface area contributed by atoms with Crippen molar-refractivity contribution in [3.8, 4) is 28.8 Å². The summed E-state index contributed by atoms with van der Waals surface area (Å²) in [5.41, 5.74) is 2.37. The molecule has 0 aliphatic rings. The molecule has 0 unspecified atom stereocenters. The highest BCUT2D eigenvalue weighted by Crippen LogP contribution is 2.27. The number of carbonyl (C=O) groups excluding carboxylic acids is 1. The Labute approximate surface area is 183 Å². The van der Waals surface area contributed by atoms with E-state index >= 15 is 0 Å². The van der Waals surface area contributed by atoms with E-state index in [1.165, 1.54) is 0 Å². The molecule has 1 amide bonds. The Morgan fingerprint density at radius 2 is 1.81 bits per heavy atom. The lowest BCUT2D eigenvalue weighted by Gasteiger charge is -2.10. The van der Waals surface area contributed by atoms with E-state index in [0.717, 1.165) is 17.0 Å². The van der Waals surface area contributed by atoms with Gasteiger partial charge in [0.05, 0.1) is 19.4 Å². The first kappa shape index (κ1) is 22.3. The molecule has 0 atom stereocenters. The van der Waals surface area contributed by atoms with Crippen LogP contribution in [0.15, 0.2) is 48.5 Å². The average Bonchev–Trinajstić information content (AvgIpc) is 3.16. The third-order valence-corrected chi connectivity index (χ3v) is 4.45. The molecular formula is C24H30N4O3. The molecule has 164 valence electrons. The summed E-state index contributed by atoms with van der Waals surface area (Å²) in [6.45, 7) is 8.71. The zero-order chi connectivity index (χ0) is 22.4. The fraction of sp³-hybridized carbons (Fsp3) is 0.375. The van der Waals surface area contributed by atoms with Crippen molar-refractivity contribution in [2.45, 2.75) is 34.1 Å². The smallest absolute Gasteiger partial charge is 0.336 e. The largest absolute Gasteiger partial charge is 0.497 e. The second-order valence-corrected chi connectivity index (χ2v) is 8.26. The van der Waals surface area contributed by atoms with E-state index < -0.39 is 0 Å². The molecule has 0 spiro atoms. The molecule has 0 aliphatic heterocycles. The molecule has 0 saturated carbocycles. The predicted molar refractivity (Wildman–Crippen MR) is 122 cm³/mol. The van der Waals surface area contributed by atoms with Gasteiger partial charge in [0, 0.05) is 17.7 Å². The number of hydrogen-bond donors (Lipinski definition) is 1. The SMILES string of the molecule is COc1ccc(-c2nc(OCC(C)C)nn2-c2cccc(NC(=O)CC(C)C)c2)cc1. The monoisotopic (exact) mass is 422 g/mol. The molecule has 0 bridgehead atoms. The molecule has 0 saturated heterocycles. The number of rotatable bonds is 9. The highest BCUT2D eigenvalue weighted by Gasteiger charge is 2.16. The summed E-state index contributed by atoms with van der Waals surface area (Å²) in [4.78, 5) is 16.8. The summed E-state index contributed by atoms with van der Waals surface area (Å²) in [5, 5.41) is 7.54. The Morgan fingerprint density at radius 3 is 2.45 bits per heavy atom. The fourth-order valence-electron chi connectivity index (χ4n) is 3.00. The molecule has 31 heavy (non-hydrogen) atoms. The van der Waals surface area contributed by atoms with Gasteiger partial charge in [-0.05, 0) is 54.3 Å². The second-order valence-electron chi connectivity index (χ2n) is 8.26.